The molecule has 0 radical (unpaired) electrons. The molecular formula is C23H27N3O4S2. The number of hydrogen-bond acceptors (Lipinski definition) is 6. The molecule has 2 N–H and O–H groups in total. The predicted molar refractivity (Wildman–Crippen MR) is 128 cm³/mol. The van der Waals surface area contributed by atoms with E-state index in [2.05, 4.69) is 21.9 Å². The van der Waals surface area contributed by atoms with Crippen molar-refractivity contribution in [3.8, 4) is 5.75 Å². The summed E-state index contributed by atoms with van der Waals surface area (Å²) in [5.74, 6) is 0.464. The van der Waals surface area contributed by atoms with Crippen molar-refractivity contribution in [1.82, 2.24) is 4.98 Å². The van der Waals surface area contributed by atoms with Crippen molar-refractivity contribution in [3.05, 3.63) is 65.2 Å². The number of rotatable bonds is 11. The highest BCUT2D eigenvalue weighted by atomic mass is 32.2. The Morgan fingerprint density at radius 1 is 1.06 bits per heavy atom. The third-order valence-corrected chi connectivity index (χ3v) is 7.10. The second-order valence-corrected chi connectivity index (χ2v) is 9.81. The van der Waals surface area contributed by atoms with E-state index in [9.17, 15) is 13.2 Å². The number of benzene rings is 2. The van der Waals surface area contributed by atoms with E-state index in [0.29, 0.717) is 17.9 Å². The molecule has 2 aromatic carbocycles. The van der Waals surface area contributed by atoms with Crippen molar-refractivity contribution >= 4 is 38.1 Å². The molecule has 0 saturated carbocycles. The molecule has 32 heavy (non-hydrogen) atoms. The fourth-order valence-electron chi connectivity index (χ4n) is 3.00. The molecule has 0 aliphatic rings. The highest BCUT2D eigenvalue weighted by Gasteiger charge is 2.16. The maximum absolute atomic E-state index is 12.5. The van der Waals surface area contributed by atoms with Gasteiger partial charge in [-0.05, 0) is 61.2 Å². The van der Waals surface area contributed by atoms with E-state index in [1.165, 1.54) is 36.1 Å². The van der Waals surface area contributed by atoms with Crippen LogP contribution in [0.15, 0.2) is 58.8 Å². The maximum Gasteiger partial charge on any atom is 0.263 e. The quantitative estimate of drug-likeness (QED) is 0.414. The number of ether oxygens (including phenoxy) is 1. The Bertz CT molecular complexity index is 1120. The Hall–Kier alpha value is -2.91. The highest BCUT2D eigenvalue weighted by Crippen LogP contribution is 2.22. The molecule has 170 valence electrons. The van der Waals surface area contributed by atoms with Crippen molar-refractivity contribution < 1.29 is 17.9 Å². The number of nitrogens with one attached hydrogen (secondary N) is 2. The summed E-state index contributed by atoms with van der Waals surface area (Å²) >= 11 is 1.18. The number of nitrogens with zero attached hydrogens (tertiary/aromatic N) is 1. The number of thiazole rings is 1. The maximum atomic E-state index is 12.5. The number of anilines is 2. The number of unbranched alkanes of at least 4 members (excludes halogenated alkanes) is 1. The van der Waals surface area contributed by atoms with E-state index >= 15 is 0 Å². The Balaban J connectivity index is 1.50. The molecule has 1 aromatic heterocycles. The number of methoxy groups -OCH3 is 1. The van der Waals surface area contributed by atoms with Crippen LogP contribution < -0.4 is 14.8 Å². The lowest BCUT2D eigenvalue weighted by Gasteiger charge is -2.06. The summed E-state index contributed by atoms with van der Waals surface area (Å²) in [5, 5.41) is 4.90. The number of carbonyl (C=O) groups excluding carboxylic acids is 1. The van der Waals surface area contributed by atoms with Gasteiger partial charge in [-0.1, -0.05) is 25.5 Å². The van der Waals surface area contributed by atoms with E-state index in [-0.39, 0.29) is 22.4 Å². The van der Waals surface area contributed by atoms with Crippen LogP contribution in [0.5, 0.6) is 5.75 Å². The van der Waals surface area contributed by atoms with E-state index in [1.54, 1.807) is 17.5 Å². The smallest absolute Gasteiger partial charge is 0.263 e. The van der Waals surface area contributed by atoms with E-state index in [0.717, 1.165) is 24.9 Å². The lowest BCUT2D eigenvalue weighted by Crippen LogP contribution is -2.13. The number of carbonyl (C=O) groups is 1. The monoisotopic (exact) mass is 473 g/mol. The first-order valence-electron chi connectivity index (χ1n) is 10.4. The summed E-state index contributed by atoms with van der Waals surface area (Å²) in [6, 6.07) is 14.0. The molecule has 0 spiro atoms. The van der Waals surface area contributed by atoms with Crippen molar-refractivity contribution in [2.24, 2.45) is 0 Å². The molecule has 0 saturated heterocycles. The Morgan fingerprint density at radius 2 is 1.78 bits per heavy atom. The SMILES string of the molecule is CCCCc1ccc(NC(=O)CCc2csc(NS(=O)(=O)c3ccc(OC)cc3)n2)cc1. The van der Waals surface area contributed by atoms with Gasteiger partial charge in [-0.15, -0.1) is 11.3 Å². The van der Waals surface area contributed by atoms with E-state index in [4.69, 9.17) is 4.74 Å². The minimum absolute atomic E-state index is 0.111. The summed E-state index contributed by atoms with van der Waals surface area (Å²) in [4.78, 5) is 16.7. The number of amides is 1. The summed E-state index contributed by atoms with van der Waals surface area (Å²) in [5.41, 5.74) is 2.69. The summed E-state index contributed by atoms with van der Waals surface area (Å²) in [7, 11) is -2.23. The van der Waals surface area contributed by atoms with Gasteiger partial charge in [0.15, 0.2) is 5.13 Å². The molecule has 0 aliphatic carbocycles. The minimum atomic E-state index is -3.74. The van der Waals surface area contributed by atoms with Gasteiger partial charge in [0.05, 0.1) is 17.7 Å². The first-order valence-corrected chi connectivity index (χ1v) is 12.8. The van der Waals surface area contributed by atoms with Crippen LogP contribution in [-0.2, 0) is 27.7 Å². The van der Waals surface area contributed by atoms with Crippen molar-refractivity contribution in [2.45, 2.75) is 43.9 Å². The van der Waals surface area contributed by atoms with Gasteiger partial charge in [-0.2, -0.15) is 0 Å². The predicted octanol–water partition coefficient (Wildman–Crippen LogP) is 4.87. The molecule has 3 rings (SSSR count). The van der Waals surface area contributed by atoms with Crippen LogP contribution in [0.3, 0.4) is 0 Å². The van der Waals surface area contributed by atoms with Crippen molar-refractivity contribution in [1.29, 1.82) is 0 Å². The zero-order valence-corrected chi connectivity index (χ0v) is 19.8. The zero-order valence-electron chi connectivity index (χ0n) is 18.1. The number of aryl methyl sites for hydroxylation is 2. The van der Waals surface area contributed by atoms with Gasteiger partial charge < -0.3 is 10.1 Å². The van der Waals surface area contributed by atoms with Gasteiger partial charge in [-0.3, -0.25) is 9.52 Å². The average molecular weight is 474 g/mol. The topological polar surface area (TPSA) is 97.4 Å². The van der Waals surface area contributed by atoms with Crippen LogP contribution in [0.4, 0.5) is 10.8 Å². The standard InChI is InChI=1S/C23H27N3O4S2/c1-3-4-5-17-6-8-18(9-7-17)24-22(27)15-10-19-16-31-23(25-19)26-32(28,29)21-13-11-20(30-2)12-14-21/h6-9,11-14,16H,3-5,10,15H2,1-2H3,(H,24,27)(H,25,26). The van der Waals surface area contributed by atoms with E-state index < -0.39 is 10.0 Å². The highest BCUT2D eigenvalue weighted by molar-refractivity contribution is 7.93. The normalized spacial score (nSPS) is 11.2. The van der Waals surface area contributed by atoms with Gasteiger partial charge in [-0.25, -0.2) is 13.4 Å². The van der Waals surface area contributed by atoms with Crippen LogP contribution in [0.1, 0.15) is 37.4 Å². The summed E-state index contributed by atoms with van der Waals surface area (Å²) in [6.45, 7) is 2.16. The van der Waals surface area contributed by atoms with Crippen molar-refractivity contribution in [3.63, 3.8) is 0 Å². The van der Waals surface area contributed by atoms with Crippen molar-refractivity contribution in [2.75, 3.05) is 17.1 Å². The third-order valence-electron chi connectivity index (χ3n) is 4.81. The lowest BCUT2D eigenvalue weighted by atomic mass is 10.1. The Morgan fingerprint density at radius 3 is 2.44 bits per heavy atom. The van der Waals surface area contributed by atoms with Gasteiger partial charge in [0.25, 0.3) is 10.0 Å². The molecule has 0 aliphatic heterocycles. The fourth-order valence-corrected chi connectivity index (χ4v) is 5.00. The van der Waals surface area contributed by atoms with Gasteiger partial charge >= 0.3 is 0 Å². The fraction of sp³-hybridized carbons (Fsp3) is 0.304. The second-order valence-electron chi connectivity index (χ2n) is 7.27. The van der Waals surface area contributed by atoms with Gasteiger partial charge in [0.1, 0.15) is 5.75 Å². The number of aromatic nitrogens is 1. The lowest BCUT2D eigenvalue weighted by molar-refractivity contribution is -0.116. The minimum Gasteiger partial charge on any atom is -0.497 e. The summed E-state index contributed by atoms with van der Waals surface area (Å²) in [6.07, 6.45) is 4.02. The molecule has 9 heteroatoms. The zero-order chi connectivity index (χ0) is 23.0. The molecular weight excluding hydrogens is 446 g/mol. The van der Waals surface area contributed by atoms with Crippen LogP contribution >= 0.6 is 11.3 Å². The first kappa shape index (κ1) is 23.7. The molecule has 1 heterocycles. The van der Waals surface area contributed by atoms with E-state index in [1.807, 2.05) is 24.3 Å². The molecule has 0 atom stereocenters. The largest absolute Gasteiger partial charge is 0.497 e. The number of sulfonamides is 1. The first-order chi connectivity index (χ1) is 15.4. The molecule has 0 unspecified atom stereocenters. The number of hydrogen-bond donors (Lipinski definition) is 2. The average Bonchev–Trinajstić information content (AvgIpc) is 3.24. The molecule has 0 bridgehead atoms. The van der Waals surface area contributed by atoms with Crippen LogP contribution in [0.2, 0.25) is 0 Å². The van der Waals surface area contributed by atoms with Gasteiger partial charge in [0.2, 0.25) is 5.91 Å². The molecule has 3 aromatic rings. The third kappa shape index (κ3) is 6.80. The molecule has 0 fully saturated rings. The Labute approximate surface area is 192 Å². The molecule has 7 nitrogen and oxygen atoms in total. The van der Waals surface area contributed by atoms with Crippen LogP contribution in [0.25, 0.3) is 0 Å². The summed E-state index contributed by atoms with van der Waals surface area (Å²) < 4.78 is 32.6. The Kier molecular flexibility index (Phi) is 8.24. The van der Waals surface area contributed by atoms with Crippen LogP contribution in [-0.4, -0.2) is 26.4 Å². The van der Waals surface area contributed by atoms with Gasteiger partial charge in [0, 0.05) is 17.5 Å². The van der Waals surface area contributed by atoms with Crippen LogP contribution in [0, 0.1) is 0 Å². The second kappa shape index (κ2) is 11.1. The molecule has 1 amide bonds.